The fourth-order valence-electron chi connectivity index (χ4n) is 1.08. The third kappa shape index (κ3) is 2.03. The van der Waals surface area contributed by atoms with E-state index in [2.05, 4.69) is 45.5 Å². The number of thioether (sulfide) groups is 1. The molecule has 0 spiro atoms. The summed E-state index contributed by atoms with van der Waals surface area (Å²) in [5.41, 5.74) is 0. The Morgan fingerprint density at radius 2 is 2.25 bits per heavy atom. The van der Waals surface area contributed by atoms with Crippen molar-refractivity contribution in [2.75, 3.05) is 13.1 Å². The summed E-state index contributed by atoms with van der Waals surface area (Å²) in [5.74, 6) is 0. The van der Waals surface area contributed by atoms with E-state index < -0.39 is 0 Å². The highest BCUT2D eigenvalue weighted by molar-refractivity contribution is 9.10. The molecule has 1 N–H and O–H groups in total. The van der Waals surface area contributed by atoms with Gasteiger partial charge in [0.05, 0.1) is 0 Å². The number of hydrogen-bond donors (Lipinski definition) is 1. The molecule has 3 heteroatoms. The molecule has 1 aromatic rings. The lowest BCUT2D eigenvalue weighted by atomic mass is 10.3. The molecule has 1 aliphatic heterocycles. The second kappa shape index (κ2) is 3.81. The molecule has 0 unspecified atom stereocenters. The molecule has 1 aliphatic rings. The van der Waals surface area contributed by atoms with Crippen molar-refractivity contribution < 1.29 is 0 Å². The van der Waals surface area contributed by atoms with Gasteiger partial charge < -0.3 is 5.32 Å². The SMILES string of the molecule is Brc1cccc(SC2CNC2)c1. The molecule has 0 bridgehead atoms. The molecule has 0 aliphatic carbocycles. The predicted molar refractivity (Wildman–Crippen MR) is 56.7 cm³/mol. The Bertz CT molecular complexity index is 273. The minimum Gasteiger partial charge on any atom is -0.314 e. The lowest BCUT2D eigenvalue weighted by Crippen LogP contribution is -2.44. The van der Waals surface area contributed by atoms with Gasteiger partial charge >= 0.3 is 0 Å². The normalized spacial score (nSPS) is 17.4. The van der Waals surface area contributed by atoms with Gasteiger partial charge in [-0.05, 0) is 18.2 Å². The Morgan fingerprint density at radius 1 is 1.42 bits per heavy atom. The lowest BCUT2D eigenvalue weighted by Gasteiger charge is -2.26. The van der Waals surface area contributed by atoms with Crippen LogP contribution in [0.25, 0.3) is 0 Å². The average molecular weight is 244 g/mol. The molecule has 0 amide bonds. The summed E-state index contributed by atoms with van der Waals surface area (Å²) >= 11 is 5.42. The molecule has 1 nitrogen and oxygen atoms in total. The largest absolute Gasteiger partial charge is 0.314 e. The van der Waals surface area contributed by atoms with E-state index in [1.54, 1.807) is 0 Å². The first-order valence-corrected chi connectivity index (χ1v) is 5.65. The van der Waals surface area contributed by atoms with Crippen LogP contribution in [0.3, 0.4) is 0 Å². The number of halogens is 1. The third-order valence-electron chi connectivity index (χ3n) is 1.84. The van der Waals surface area contributed by atoms with Crippen molar-refractivity contribution in [3.8, 4) is 0 Å². The van der Waals surface area contributed by atoms with E-state index in [1.807, 2.05) is 11.8 Å². The van der Waals surface area contributed by atoms with Crippen molar-refractivity contribution in [1.82, 2.24) is 5.32 Å². The van der Waals surface area contributed by atoms with Crippen molar-refractivity contribution in [1.29, 1.82) is 0 Å². The van der Waals surface area contributed by atoms with Crippen LogP contribution in [0.2, 0.25) is 0 Å². The Morgan fingerprint density at radius 3 is 2.83 bits per heavy atom. The van der Waals surface area contributed by atoms with Crippen molar-refractivity contribution in [2.45, 2.75) is 10.1 Å². The summed E-state index contributed by atoms with van der Waals surface area (Å²) in [7, 11) is 0. The van der Waals surface area contributed by atoms with Crippen molar-refractivity contribution in [3.63, 3.8) is 0 Å². The maximum Gasteiger partial charge on any atom is 0.0344 e. The van der Waals surface area contributed by atoms with Crippen LogP contribution in [0.1, 0.15) is 0 Å². The quantitative estimate of drug-likeness (QED) is 0.857. The Balaban J connectivity index is 2.02. The average Bonchev–Trinajstić information content (AvgIpc) is 1.97. The highest BCUT2D eigenvalue weighted by Gasteiger charge is 2.17. The second-order valence-electron chi connectivity index (χ2n) is 2.86. The monoisotopic (exact) mass is 243 g/mol. The van der Waals surface area contributed by atoms with Gasteiger partial charge in [0, 0.05) is 27.7 Å². The molecule has 0 saturated carbocycles. The van der Waals surface area contributed by atoms with Crippen molar-refractivity contribution >= 4 is 27.7 Å². The van der Waals surface area contributed by atoms with Crippen LogP contribution in [0.5, 0.6) is 0 Å². The Kier molecular flexibility index (Phi) is 2.73. The van der Waals surface area contributed by atoms with Gasteiger partial charge in [-0.25, -0.2) is 0 Å². The summed E-state index contributed by atoms with van der Waals surface area (Å²) in [4.78, 5) is 1.36. The minimum absolute atomic E-state index is 0.777. The maximum absolute atomic E-state index is 3.46. The lowest BCUT2D eigenvalue weighted by molar-refractivity contribution is 0.544. The summed E-state index contributed by atoms with van der Waals surface area (Å²) in [5, 5.41) is 4.04. The summed E-state index contributed by atoms with van der Waals surface area (Å²) in [6.45, 7) is 2.30. The Hall–Kier alpha value is 0.01000. The van der Waals surface area contributed by atoms with Gasteiger partial charge in [0.2, 0.25) is 0 Å². The van der Waals surface area contributed by atoms with Crippen molar-refractivity contribution in [3.05, 3.63) is 28.7 Å². The molecule has 1 aromatic carbocycles. The molecule has 1 heterocycles. The molecular formula is C9H10BrNS. The highest BCUT2D eigenvalue weighted by atomic mass is 79.9. The smallest absolute Gasteiger partial charge is 0.0344 e. The molecule has 2 rings (SSSR count). The summed E-state index contributed by atoms with van der Waals surface area (Å²) in [6.07, 6.45) is 0. The van der Waals surface area contributed by atoms with Crippen LogP contribution in [-0.2, 0) is 0 Å². The molecule has 1 fully saturated rings. The number of benzene rings is 1. The first kappa shape index (κ1) is 8.60. The van der Waals surface area contributed by atoms with E-state index in [0.29, 0.717) is 0 Å². The van der Waals surface area contributed by atoms with Crippen molar-refractivity contribution in [2.24, 2.45) is 0 Å². The van der Waals surface area contributed by atoms with Gasteiger partial charge in [-0.1, -0.05) is 22.0 Å². The Labute approximate surface area is 85.1 Å². The van der Waals surface area contributed by atoms with E-state index in [9.17, 15) is 0 Å². The maximum atomic E-state index is 3.46. The number of rotatable bonds is 2. The van der Waals surface area contributed by atoms with Gasteiger partial charge in [-0.3, -0.25) is 0 Å². The molecular weight excluding hydrogens is 234 g/mol. The van der Waals surface area contributed by atoms with Gasteiger partial charge in [-0.15, -0.1) is 11.8 Å². The van der Waals surface area contributed by atoms with Gasteiger partial charge in [-0.2, -0.15) is 0 Å². The molecule has 12 heavy (non-hydrogen) atoms. The van der Waals surface area contributed by atoms with Crippen LogP contribution < -0.4 is 5.32 Å². The fourth-order valence-corrected chi connectivity index (χ4v) is 2.77. The molecule has 0 atom stereocenters. The zero-order valence-electron chi connectivity index (χ0n) is 6.59. The third-order valence-corrected chi connectivity index (χ3v) is 3.53. The molecule has 1 saturated heterocycles. The topological polar surface area (TPSA) is 12.0 Å². The minimum atomic E-state index is 0.777. The van der Waals surface area contributed by atoms with Gasteiger partial charge in [0.25, 0.3) is 0 Å². The number of hydrogen-bond acceptors (Lipinski definition) is 2. The first-order chi connectivity index (χ1) is 5.84. The summed E-state index contributed by atoms with van der Waals surface area (Å²) < 4.78 is 1.17. The van der Waals surface area contributed by atoms with E-state index >= 15 is 0 Å². The van der Waals surface area contributed by atoms with Gasteiger partial charge in [0.15, 0.2) is 0 Å². The van der Waals surface area contributed by atoms with Crippen LogP contribution in [0, 0.1) is 0 Å². The van der Waals surface area contributed by atoms with Crippen LogP contribution >= 0.6 is 27.7 Å². The van der Waals surface area contributed by atoms with Gasteiger partial charge in [0.1, 0.15) is 0 Å². The van der Waals surface area contributed by atoms with E-state index in [1.165, 1.54) is 9.37 Å². The number of nitrogens with one attached hydrogen (secondary N) is 1. The summed E-state index contributed by atoms with van der Waals surface area (Å²) in [6, 6.07) is 8.47. The first-order valence-electron chi connectivity index (χ1n) is 3.97. The zero-order chi connectivity index (χ0) is 8.39. The van der Waals surface area contributed by atoms with E-state index in [-0.39, 0.29) is 0 Å². The van der Waals surface area contributed by atoms with Crippen LogP contribution in [-0.4, -0.2) is 18.3 Å². The van der Waals surface area contributed by atoms with E-state index in [0.717, 1.165) is 18.3 Å². The zero-order valence-corrected chi connectivity index (χ0v) is 8.99. The van der Waals surface area contributed by atoms with Crippen LogP contribution in [0.15, 0.2) is 33.6 Å². The molecule has 0 radical (unpaired) electrons. The second-order valence-corrected chi connectivity index (χ2v) is 5.14. The predicted octanol–water partition coefficient (Wildman–Crippen LogP) is 2.51. The fraction of sp³-hybridized carbons (Fsp3) is 0.333. The molecule has 0 aromatic heterocycles. The standard InChI is InChI=1S/C9H10BrNS/c10-7-2-1-3-8(4-7)12-9-5-11-6-9/h1-4,9,11H,5-6H2. The molecule has 64 valence electrons. The highest BCUT2D eigenvalue weighted by Crippen LogP contribution is 2.27. The van der Waals surface area contributed by atoms with Crippen LogP contribution in [0.4, 0.5) is 0 Å². The van der Waals surface area contributed by atoms with E-state index in [4.69, 9.17) is 0 Å².